The highest BCUT2D eigenvalue weighted by molar-refractivity contribution is 6.33. The fraction of sp³-hybridized carbons (Fsp3) is 0.217. The number of rotatable bonds is 9. The lowest BCUT2D eigenvalue weighted by molar-refractivity contribution is -0.148. The summed E-state index contributed by atoms with van der Waals surface area (Å²) in [6.45, 7) is 3.61. The Morgan fingerprint density at radius 1 is 1.21 bits per heavy atom. The Morgan fingerprint density at radius 3 is 2.52 bits per heavy atom. The van der Waals surface area contributed by atoms with Crippen LogP contribution in [-0.2, 0) is 22.6 Å². The number of carboxylic acid groups (broad SMARTS) is 1. The third-order valence-corrected chi connectivity index (χ3v) is 4.76. The second kappa shape index (κ2) is 10.3. The van der Waals surface area contributed by atoms with Gasteiger partial charge in [0.05, 0.1) is 19.1 Å². The molecular formula is C23H21ClFN3O5. The van der Waals surface area contributed by atoms with E-state index in [0.29, 0.717) is 16.3 Å². The summed E-state index contributed by atoms with van der Waals surface area (Å²) in [4.78, 5) is 39.8. The number of ether oxygens (including phenoxy) is 1. The van der Waals surface area contributed by atoms with E-state index in [1.165, 1.54) is 16.7 Å². The van der Waals surface area contributed by atoms with Gasteiger partial charge in [0.2, 0.25) is 11.7 Å². The molecular weight excluding hydrogens is 453 g/mol. The first-order chi connectivity index (χ1) is 15.6. The van der Waals surface area contributed by atoms with Crippen molar-refractivity contribution in [1.29, 1.82) is 0 Å². The number of benzene rings is 2. The van der Waals surface area contributed by atoms with Crippen LogP contribution in [0.2, 0.25) is 5.02 Å². The number of aliphatic carboxylic acids is 1. The van der Waals surface area contributed by atoms with Crippen LogP contribution in [0.1, 0.15) is 25.0 Å². The summed E-state index contributed by atoms with van der Waals surface area (Å²) in [6.07, 6.45) is 0.333. The number of hydrogen-bond donors (Lipinski definition) is 2. The van der Waals surface area contributed by atoms with Crippen LogP contribution in [0.5, 0.6) is 5.75 Å². The van der Waals surface area contributed by atoms with Crippen molar-refractivity contribution in [1.82, 2.24) is 9.55 Å². The highest BCUT2D eigenvalue weighted by Gasteiger charge is 2.18. The Kier molecular flexibility index (Phi) is 7.44. The van der Waals surface area contributed by atoms with Crippen LogP contribution < -0.4 is 15.6 Å². The molecule has 0 fully saturated rings. The minimum Gasteiger partial charge on any atom is -0.488 e. The molecule has 0 aliphatic heterocycles. The zero-order chi connectivity index (χ0) is 24.1. The number of carboxylic acids is 1. The van der Waals surface area contributed by atoms with Gasteiger partial charge in [0.15, 0.2) is 11.6 Å². The number of nitrogens with zero attached hydrogens (tertiary/aromatic N) is 2. The van der Waals surface area contributed by atoms with Crippen molar-refractivity contribution in [2.24, 2.45) is 0 Å². The molecule has 0 aliphatic rings. The summed E-state index contributed by atoms with van der Waals surface area (Å²) < 4.78 is 21.0. The van der Waals surface area contributed by atoms with Gasteiger partial charge in [0.25, 0.3) is 5.56 Å². The number of ketones is 1. The smallest absolute Gasteiger partial charge is 0.372 e. The summed E-state index contributed by atoms with van der Waals surface area (Å²) in [5, 5.41) is 12.3. The Hall–Kier alpha value is -3.72. The summed E-state index contributed by atoms with van der Waals surface area (Å²) in [7, 11) is 0. The molecule has 2 N–H and O–H groups in total. The van der Waals surface area contributed by atoms with Crippen molar-refractivity contribution >= 4 is 35.0 Å². The minimum atomic E-state index is -1.64. The molecule has 1 heterocycles. The normalized spacial score (nSPS) is 10.8. The molecule has 0 saturated heterocycles. The van der Waals surface area contributed by atoms with Crippen molar-refractivity contribution in [3.05, 3.63) is 81.0 Å². The molecule has 0 radical (unpaired) electrons. The maximum absolute atomic E-state index is 14.4. The number of halogens is 2. The van der Waals surface area contributed by atoms with Gasteiger partial charge in [0, 0.05) is 28.5 Å². The molecule has 0 atom stereocenters. The lowest BCUT2D eigenvalue weighted by Gasteiger charge is -2.16. The van der Waals surface area contributed by atoms with Crippen LogP contribution in [0.25, 0.3) is 0 Å². The summed E-state index contributed by atoms with van der Waals surface area (Å²) in [5.74, 6) is -3.19. The molecule has 33 heavy (non-hydrogen) atoms. The molecule has 10 heteroatoms. The number of nitrogens with one attached hydrogen (secondary N) is 1. The maximum atomic E-state index is 14.4. The number of aromatic nitrogens is 2. The van der Waals surface area contributed by atoms with Gasteiger partial charge in [-0.1, -0.05) is 23.7 Å². The molecule has 1 aromatic heterocycles. The van der Waals surface area contributed by atoms with Crippen molar-refractivity contribution in [2.45, 2.75) is 32.9 Å². The summed E-state index contributed by atoms with van der Waals surface area (Å²) >= 11 is 5.92. The van der Waals surface area contributed by atoms with E-state index < -0.39 is 29.5 Å². The Bertz CT molecular complexity index is 1240. The first-order valence-corrected chi connectivity index (χ1v) is 10.3. The maximum Gasteiger partial charge on any atom is 0.372 e. The topological polar surface area (TPSA) is 111 Å². The molecule has 172 valence electrons. The molecule has 0 spiro atoms. The summed E-state index contributed by atoms with van der Waals surface area (Å²) in [6, 6.07) is 11.0. The van der Waals surface area contributed by atoms with Gasteiger partial charge in [-0.3, -0.25) is 14.2 Å². The standard InChI is InChI=1S/C23H21ClFN3O5/c1-13(2)33-20-8-7-17(10-18(20)25)27-23-26-11-15(9-19(29)22(31)32)21(30)28(23)12-14-3-5-16(24)6-4-14/h3-8,10-11,13H,9,12H2,1-2H3,(H,26,27)(H,31,32). The lowest BCUT2D eigenvalue weighted by Crippen LogP contribution is -2.30. The molecule has 0 aliphatic carbocycles. The zero-order valence-electron chi connectivity index (χ0n) is 17.8. The second-order valence-corrected chi connectivity index (χ2v) is 7.90. The number of hydrogen-bond acceptors (Lipinski definition) is 6. The predicted octanol–water partition coefficient (Wildman–Crippen LogP) is 3.81. The fourth-order valence-corrected chi connectivity index (χ4v) is 3.11. The molecule has 8 nitrogen and oxygen atoms in total. The highest BCUT2D eigenvalue weighted by Crippen LogP contribution is 2.24. The Balaban J connectivity index is 1.99. The quantitative estimate of drug-likeness (QED) is 0.454. The number of anilines is 2. The van der Waals surface area contributed by atoms with E-state index in [-0.39, 0.29) is 29.9 Å². The molecule has 2 aromatic carbocycles. The molecule has 0 amide bonds. The first kappa shape index (κ1) is 23.9. The van der Waals surface area contributed by atoms with Crippen LogP contribution >= 0.6 is 11.6 Å². The van der Waals surface area contributed by atoms with Crippen LogP contribution in [0, 0.1) is 5.82 Å². The molecule has 0 unspecified atom stereocenters. The molecule has 3 rings (SSSR count). The first-order valence-electron chi connectivity index (χ1n) is 9.96. The van der Waals surface area contributed by atoms with Gasteiger partial charge in [-0.25, -0.2) is 14.2 Å². The lowest BCUT2D eigenvalue weighted by atomic mass is 10.1. The van der Waals surface area contributed by atoms with Crippen molar-refractivity contribution in [3.8, 4) is 5.75 Å². The van der Waals surface area contributed by atoms with Crippen LogP contribution in [0.3, 0.4) is 0 Å². The Labute approximate surface area is 193 Å². The second-order valence-electron chi connectivity index (χ2n) is 7.47. The van der Waals surface area contributed by atoms with E-state index in [9.17, 15) is 18.8 Å². The number of carbonyl (C=O) groups is 2. The molecule has 0 bridgehead atoms. The minimum absolute atomic E-state index is 0.0530. The van der Waals surface area contributed by atoms with E-state index in [1.807, 2.05) is 0 Å². The van der Waals surface area contributed by atoms with Crippen molar-refractivity contribution in [3.63, 3.8) is 0 Å². The van der Waals surface area contributed by atoms with Gasteiger partial charge in [0.1, 0.15) is 0 Å². The van der Waals surface area contributed by atoms with E-state index in [2.05, 4.69) is 10.3 Å². The van der Waals surface area contributed by atoms with Gasteiger partial charge in [-0.05, 0) is 43.7 Å². The van der Waals surface area contributed by atoms with Gasteiger partial charge in [-0.2, -0.15) is 0 Å². The SMILES string of the molecule is CC(C)Oc1ccc(Nc2ncc(CC(=O)C(=O)O)c(=O)n2Cc2ccc(Cl)cc2)cc1F. The molecule has 0 saturated carbocycles. The van der Waals surface area contributed by atoms with Crippen molar-refractivity contribution in [2.75, 3.05) is 5.32 Å². The largest absolute Gasteiger partial charge is 0.488 e. The Morgan fingerprint density at radius 2 is 1.91 bits per heavy atom. The third-order valence-electron chi connectivity index (χ3n) is 4.51. The van der Waals surface area contributed by atoms with Crippen LogP contribution in [0.15, 0.2) is 53.5 Å². The van der Waals surface area contributed by atoms with Crippen LogP contribution in [0.4, 0.5) is 16.0 Å². The highest BCUT2D eigenvalue weighted by atomic mass is 35.5. The number of Topliss-reactive ketones (excluding diaryl/α,β-unsaturated/α-hetero) is 1. The predicted molar refractivity (Wildman–Crippen MR) is 121 cm³/mol. The monoisotopic (exact) mass is 473 g/mol. The van der Waals surface area contributed by atoms with E-state index in [4.69, 9.17) is 21.4 Å². The third kappa shape index (κ3) is 6.17. The fourth-order valence-electron chi connectivity index (χ4n) is 2.98. The average molecular weight is 474 g/mol. The van der Waals surface area contributed by atoms with E-state index in [0.717, 1.165) is 6.20 Å². The average Bonchev–Trinajstić information content (AvgIpc) is 2.75. The van der Waals surface area contributed by atoms with Crippen LogP contribution in [-0.4, -0.2) is 32.5 Å². The van der Waals surface area contributed by atoms with Crippen molar-refractivity contribution < 1.29 is 23.8 Å². The summed E-state index contributed by atoms with van der Waals surface area (Å²) in [5.41, 5.74) is 0.348. The van der Waals surface area contributed by atoms with Gasteiger partial charge >= 0.3 is 5.97 Å². The van der Waals surface area contributed by atoms with Gasteiger partial charge < -0.3 is 15.2 Å². The zero-order valence-corrected chi connectivity index (χ0v) is 18.6. The van der Waals surface area contributed by atoms with Gasteiger partial charge in [-0.15, -0.1) is 0 Å². The number of carbonyl (C=O) groups excluding carboxylic acids is 1. The molecule has 3 aromatic rings. The van der Waals surface area contributed by atoms with E-state index >= 15 is 0 Å². The van der Waals surface area contributed by atoms with E-state index in [1.54, 1.807) is 44.2 Å².